The van der Waals surface area contributed by atoms with Crippen LogP contribution in [0.3, 0.4) is 0 Å². The van der Waals surface area contributed by atoms with Crippen molar-refractivity contribution >= 4 is 23.2 Å². The lowest BCUT2D eigenvalue weighted by Crippen LogP contribution is -2.45. The number of hydrogen-bond acceptors (Lipinski definition) is 4. The van der Waals surface area contributed by atoms with E-state index in [1.165, 1.54) is 10.4 Å². The molecule has 1 aliphatic rings. The van der Waals surface area contributed by atoms with E-state index in [4.69, 9.17) is 0 Å². The number of thiophene rings is 1. The Morgan fingerprint density at radius 1 is 1.50 bits per heavy atom. The average molecular weight is 319 g/mol. The van der Waals surface area contributed by atoms with Gasteiger partial charge in [-0.15, -0.1) is 11.3 Å². The SMILES string of the molecule is C[C@H](CNC(=O)Nc1ccn(C)n1)N1CCc2sccc2C1. The van der Waals surface area contributed by atoms with Crippen LogP contribution in [-0.2, 0) is 20.0 Å². The number of aromatic nitrogens is 2. The van der Waals surface area contributed by atoms with Gasteiger partial charge in [0, 0.05) is 49.9 Å². The topological polar surface area (TPSA) is 62.2 Å². The van der Waals surface area contributed by atoms with Crippen LogP contribution in [0, 0.1) is 0 Å². The molecule has 2 amide bonds. The van der Waals surface area contributed by atoms with Crippen molar-refractivity contribution < 1.29 is 4.79 Å². The lowest BCUT2D eigenvalue weighted by molar-refractivity contribution is 0.188. The number of amides is 2. The maximum Gasteiger partial charge on any atom is 0.320 e. The molecule has 22 heavy (non-hydrogen) atoms. The second-order valence-electron chi connectivity index (χ2n) is 5.65. The molecule has 3 rings (SSSR count). The average Bonchev–Trinajstić information content (AvgIpc) is 3.12. The van der Waals surface area contributed by atoms with Crippen molar-refractivity contribution in [2.75, 3.05) is 18.4 Å². The van der Waals surface area contributed by atoms with Crippen LogP contribution >= 0.6 is 11.3 Å². The summed E-state index contributed by atoms with van der Waals surface area (Å²) in [5.41, 5.74) is 1.43. The minimum absolute atomic E-state index is 0.209. The van der Waals surface area contributed by atoms with E-state index in [0.717, 1.165) is 19.5 Å². The van der Waals surface area contributed by atoms with Gasteiger partial charge >= 0.3 is 6.03 Å². The fourth-order valence-corrected chi connectivity index (χ4v) is 3.55. The van der Waals surface area contributed by atoms with Crippen molar-refractivity contribution in [2.45, 2.75) is 25.9 Å². The van der Waals surface area contributed by atoms with Gasteiger partial charge in [-0.1, -0.05) is 0 Å². The molecular formula is C15H21N5OS. The van der Waals surface area contributed by atoms with Crippen molar-refractivity contribution in [1.29, 1.82) is 0 Å². The molecule has 2 N–H and O–H groups in total. The number of aryl methyl sites for hydroxylation is 1. The lowest BCUT2D eigenvalue weighted by Gasteiger charge is -2.32. The van der Waals surface area contributed by atoms with E-state index in [1.54, 1.807) is 16.9 Å². The largest absolute Gasteiger partial charge is 0.336 e. The van der Waals surface area contributed by atoms with Gasteiger partial charge in [-0.25, -0.2) is 4.79 Å². The first-order valence-electron chi connectivity index (χ1n) is 7.45. The summed E-state index contributed by atoms with van der Waals surface area (Å²) < 4.78 is 1.66. The molecule has 0 aliphatic carbocycles. The summed E-state index contributed by atoms with van der Waals surface area (Å²) in [6, 6.07) is 4.08. The molecule has 0 saturated carbocycles. The Labute approximate surface area is 134 Å². The van der Waals surface area contributed by atoms with Gasteiger partial charge in [-0.05, 0) is 30.4 Å². The summed E-state index contributed by atoms with van der Waals surface area (Å²) in [5, 5.41) is 11.9. The Hall–Kier alpha value is -1.86. The van der Waals surface area contributed by atoms with E-state index in [2.05, 4.69) is 39.0 Å². The third-order valence-corrected chi connectivity index (χ3v) is 5.00. The van der Waals surface area contributed by atoms with Crippen LogP contribution in [0.25, 0.3) is 0 Å². The maximum atomic E-state index is 11.9. The highest BCUT2D eigenvalue weighted by molar-refractivity contribution is 7.10. The molecule has 118 valence electrons. The third-order valence-electron chi connectivity index (χ3n) is 3.97. The van der Waals surface area contributed by atoms with Gasteiger partial charge in [0.2, 0.25) is 0 Å². The zero-order valence-electron chi connectivity index (χ0n) is 12.9. The molecule has 6 nitrogen and oxygen atoms in total. The molecule has 2 aromatic heterocycles. The lowest BCUT2D eigenvalue weighted by atomic mass is 10.1. The van der Waals surface area contributed by atoms with E-state index in [9.17, 15) is 4.79 Å². The summed E-state index contributed by atoms with van der Waals surface area (Å²) in [7, 11) is 1.82. The smallest absolute Gasteiger partial charge is 0.320 e. The van der Waals surface area contributed by atoms with Crippen LogP contribution in [0.2, 0.25) is 0 Å². The fourth-order valence-electron chi connectivity index (χ4n) is 2.66. The van der Waals surface area contributed by atoms with Crippen LogP contribution in [0.4, 0.5) is 10.6 Å². The highest BCUT2D eigenvalue weighted by Gasteiger charge is 2.21. The van der Waals surface area contributed by atoms with Crippen molar-refractivity contribution in [3.8, 4) is 0 Å². The van der Waals surface area contributed by atoms with E-state index >= 15 is 0 Å². The highest BCUT2D eigenvalue weighted by Crippen LogP contribution is 2.24. The third kappa shape index (κ3) is 3.48. The predicted molar refractivity (Wildman–Crippen MR) is 88.1 cm³/mol. The molecule has 0 aromatic carbocycles. The number of carbonyl (C=O) groups is 1. The van der Waals surface area contributed by atoms with E-state index in [-0.39, 0.29) is 6.03 Å². The van der Waals surface area contributed by atoms with Gasteiger partial charge in [0.15, 0.2) is 5.82 Å². The summed E-state index contributed by atoms with van der Waals surface area (Å²) in [6.45, 7) is 4.80. The molecule has 2 aromatic rings. The first kappa shape index (κ1) is 15.1. The van der Waals surface area contributed by atoms with Crippen LogP contribution < -0.4 is 10.6 Å². The minimum atomic E-state index is -0.209. The molecular weight excluding hydrogens is 298 g/mol. The van der Waals surface area contributed by atoms with Gasteiger partial charge in [-0.2, -0.15) is 5.10 Å². The maximum absolute atomic E-state index is 11.9. The van der Waals surface area contributed by atoms with Crippen LogP contribution in [-0.4, -0.2) is 39.8 Å². The van der Waals surface area contributed by atoms with Crippen LogP contribution in [0.5, 0.6) is 0 Å². The van der Waals surface area contributed by atoms with Crippen molar-refractivity contribution in [3.63, 3.8) is 0 Å². The number of fused-ring (bicyclic) bond motifs is 1. The Morgan fingerprint density at radius 2 is 2.36 bits per heavy atom. The number of nitrogens with zero attached hydrogens (tertiary/aromatic N) is 3. The molecule has 0 fully saturated rings. The second-order valence-corrected chi connectivity index (χ2v) is 6.65. The Balaban J connectivity index is 1.46. The number of urea groups is 1. The Kier molecular flexibility index (Phi) is 4.44. The molecule has 0 spiro atoms. The van der Waals surface area contributed by atoms with E-state index in [0.29, 0.717) is 18.4 Å². The van der Waals surface area contributed by atoms with Crippen molar-refractivity contribution in [2.24, 2.45) is 7.05 Å². The highest BCUT2D eigenvalue weighted by atomic mass is 32.1. The van der Waals surface area contributed by atoms with Gasteiger partial charge in [0.1, 0.15) is 0 Å². The first-order valence-corrected chi connectivity index (χ1v) is 8.33. The quantitative estimate of drug-likeness (QED) is 0.906. The van der Waals surface area contributed by atoms with E-state index < -0.39 is 0 Å². The molecule has 0 radical (unpaired) electrons. The second kappa shape index (κ2) is 6.50. The van der Waals surface area contributed by atoms with E-state index in [1.807, 2.05) is 18.4 Å². The molecule has 0 saturated heterocycles. The zero-order chi connectivity index (χ0) is 15.5. The standard InChI is InChI=1S/C15H21N5OS/c1-11(20-7-3-13-12(10-20)5-8-22-13)9-16-15(21)17-14-4-6-19(2)18-14/h4-6,8,11H,3,7,9-10H2,1-2H3,(H2,16,17,18,21)/t11-/m1/s1. The molecule has 0 unspecified atom stereocenters. The summed E-state index contributed by atoms with van der Waals surface area (Å²) in [6.07, 6.45) is 2.90. The summed E-state index contributed by atoms with van der Waals surface area (Å²) in [4.78, 5) is 15.8. The number of nitrogens with one attached hydrogen (secondary N) is 2. The van der Waals surface area contributed by atoms with Gasteiger partial charge in [0.25, 0.3) is 0 Å². The number of anilines is 1. The van der Waals surface area contributed by atoms with Crippen LogP contribution in [0.1, 0.15) is 17.4 Å². The predicted octanol–water partition coefficient (Wildman–Crippen LogP) is 2.05. The van der Waals surface area contributed by atoms with Gasteiger partial charge in [-0.3, -0.25) is 14.9 Å². The first-order chi connectivity index (χ1) is 10.6. The summed E-state index contributed by atoms with van der Waals surface area (Å²) >= 11 is 1.85. The molecule has 1 atom stereocenters. The molecule has 0 bridgehead atoms. The minimum Gasteiger partial charge on any atom is -0.336 e. The monoisotopic (exact) mass is 319 g/mol. The summed E-state index contributed by atoms with van der Waals surface area (Å²) in [5.74, 6) is 0.563. The number of rotatable bonds is 4. The zero-order valence-corrected chi connectivity index (χ0v) is 13.7. The van der Waals surface area contributed by atoms with Crippen molar-refractivity contribution in [3.05, 3.63) is 34.2 Å². The van der Waals surface area contributed by atoms with Crippen LogP contribution in [0.15, 0.2) is 23.7 Å². The fraction of sp³-hybridized carbons (Fsp3) is 0.467. The van der Waals surface area contributed by atoms with Crippen molar-refractivity contribution in [1.82, 2.24) is 20.0 Å². The molecule has 7 heteroatoms. The Morgan fingerprint density at radius 3 is 3.14 bits per heavy atom. The van der Waals surface area contributed by atoms with Gasteiger partial charge < -0.3 is 5.32 Å². The molecule has 1 aliphatic heterocycles. The Bertz CT molecular complexity index is 650. The number of carbonyl (C=O) groups excluding carboxylic acids is 1. The van der Waals surface area contributed by atoms with Gasteiger partial charge in [0.05, 0.1) is 0 Å². The number of hydrogen-bond donors (Lipinski definition) is 2. The molecule has 3 heterocycles. The normalized spacial score (nSPS) is 16.1.